The summed E-state index contributed by atoms with van der Waals surface area (Å²) in [4.78, 5) is 0. The van der Waals surface area contributed by atoms with Gasteiger partial charge in [-0.3, -0.25) is 0 Å². The molecule has 0 fully saturated rings. The largest absolute Gasteiger partial charge is 0.380 e. The first-order valence-electron chi connectivity index (χ1n) is 6.39. The number of hydrogen-bond acceptors (Lipinski definition) is 1. The summed E-state index contributed by atoms with van der Waals surface area (Å²) in [5.41, 5.74) is 2.36. The molecule has 0 aliphatic carbocycles. The second-order valence-electron chi connectivity index (χ2n) is 4.66. The van der Waals surface area contributed by atoms with Gasteiger partial charge in [0.25, 0.3) is 0 Å². The lowest BCUT2D eigenvalue weighted by molar-refractivity contribution is 1.15. The van der Waals surface area contributed by atoms with Gasteiger partial charge in [0.15, 0.2) is 0 Å². The van der Waals surface area contributed by atoms with Gasteiger partial charge in [0.1, 0.15) is 0 Å². The van der Waals surface area contributed by atoms with Crippen LogP contribution in [0.15, 0.2) is 69.6 Å². The molecule has 0 atom stereocenters. The molecule has 0 bridgehead atoms. The van der Waals surface area contributed by atoms with Gasteiger partial charge >= 0.3 is 0 Å². The van der Waals surface area contributed by atoms with E-state index in [0.29, 0.717) is 0 Å². The van der Waals surface area contributed by atoms with Crippen LogP contribution in [0.1, 0.15) is 5.56 Å². The molecule has 20 heavy (non-hydrogen) atoms. The molecule has 3 rings (SSSR count). The number of hydrogen-bond donors (Lipinski definition) is 1. The van der Waals surface area contributed by atoms with Crippen LogP contribution in [0.25, 0.3) is 10.8 Å². The summed E-state index contributed by atoms with van der Waals surface area (Å²) in [5, 5.41) is 6.01. The lowest BCUT2D eigenvalue weighted by atomic mass is 10.1. The fourth-order valence-corrected chi connectivity index (χ4v) is 2.93. The van der Waals surface area contributed by atoms with Gasteiger partial charge in [-0.05, 0) is 56.5 Å². The maximum absolute atomic E-state index is 3.56. The highest BCUT2D eigenvalue weighted by Crippen LogP contribution is 2.27. The predicted octanol–water partition coefficient (Wildman–Crippen LogP) is 5.98. The third-order valence-corrected chi connectivity index (χ3v) is 4.41. The van der Waals surface area contributed by atoms with Gasteiger partial charge in [-0.15, -0.1) is 0 Å². The third-order valence-electron chi connectivity index (χ3n) is 3.23. The summed E-state index contributed by atoms with van der Waals surface area (Å²) >= 11 is 7.05. The van der Waals surface area contributed by atoms with Crippen LogP contribution < -0.4 is 5.32 Å². The zero-order valence-corrected chi connectivity index (χ0v) is 13.9. The fraction of sp³-hybridized carbons (Fsp3) is 0.0588. The Balaban J connectivity index is 1.81. The first kappa shape index (κ1) is 13.7. The highest BCUT2D eigenvalue weighted by Gasteiger charge is 2.01. The van der Waals surface area contributed by atoms with Crippen LogP contribution in [0.4, 0.5) is 5.69 Å². The Bertz CT molecular complexity index is 753. The monoisotopic (exact) mass is 389 g/mol. The van der Waals surface area contributed by atoms with Crippen molar-refractivity contribution in [3.63, 3.8) is 0 Å². The molecule has 0 unspecified atom stereocenters. The summed E-state index contributed by atoms with van der Waals surface area (Å²) in [7, 11) is 0. The number of halogens is 2. The van der Waals surface area contributed by atoms with Crippen LogP contribution >= 0.6 is 31.9 Å². The average Bonchev–Trinajstić information content (AvgIpc) is 2.48. The zero-order valence-electron chi connectivity index (χ0n) is 10.7. The van der Waals surface area contributed by atoms with Crippen molar-refractivity contribution in [2.24, 2.45) is 0 Å². The highest BCUT2D eigenvalue weighted by atomic mass is 79.9. The molecule has 0 radical (unpaired) electrons. The molecule has 0 aliphatic heterocycles. The maximum Gasteiger partial charge on any atom is 0.0498 e. The van der Waals surface area contributed by atoms with E-state index in [1.807, 2.05) is 12.1 Å². The van der Waals surface area contributed by atoms with Crippen molar-refractivity contribution in [1.29, 1.82) is 0 Å². The number of benzene rings is 3. The number of rotatable bonds is 3. The minimum Gasteiger partial charge on any atom is -0.380 e. The summed E-state index contributed by atoms with van der Waals surface area (Å²) in [6.45, 7) is 0.805. The van der Waals surface area contributed by atoms with E-state index in [2.05, 4.69) is 85.7 Å². The predicted molar refractivity (Wildman–Crippen MR) is 93.1 cm³/mol. The minimum atomic E-state index is 0.805. The summed E-state index contributed by atoms with van der Waals surface area (Å²) in [5.74, 6) is 0. The molecule has 0 saturated heterocycles. The number of anilines is 1. The van der Waals surface area contributed by atoms with Crippen molar-refractivity contribution in [1.82, 2.24) is 0 Å². The lowest BCUT2D eigenvalue weighted by Gasteiger charge is -2.10. The molecular weight excluding hydrogens is 378 g/mol. The van der Waals surface area contributed by atoms with Gasteiger partial charge in [-0.2, -0.15) is 0 Å². The van der Waals surface area contributed by atoms with Crippen molar-refractivity contribution in [3.8, 4) is 0 Å². The smallest absolute Gasteiger partial charge is 0.0498 e. The topological polar surface area (TPSA) is 12.0 Å². The van der Waals surface area contributed by atoms with E-state index in [1.165, 1.54) is 16.3 Å². The second-order valence-corrected chi connectivity index (χ2v) is 6.43. The first-order chi connectivity index (χ1) is 9.72. The fourth-order valence-electron chi connectivity index (χ4n) is 2.18. The zero-order chi connectivity index (χ0) is 13.9. The van der Waals surface area contributed by atoms with Crippen LogP contribution in [0, 0.1) is 0 Å². The van der Waals surface area contributed by atoms with E-state index < -0.39 is 0 Å². The van der Waals surface area contributed by atoms with Gasteiger partial charge in [0, 0.05) is 21.2 Å². The summed E-state index contributed by atoms with van der Waals surface area (Å²) < 4.78 is 2.14. The maximum atomic E-state index is 3.56. The molecule has 3 heteroatoms. The average molecular weight is 391 g/mol. The van der Waals surface area contributed by atoms with Gasteiger partial charge in [0.05, 0.1) is 0 Å². The molecular formula is C17H13Br2N. The molecule has 0 spiro atoms. The molecule has 3 aromatic rings. The van der Waals surface area contributed by atoms with Crippen LogP contribution in [0.3, 0.4) is 0 Å². The lowest BCUT2D eigenvalue weighted by Crippen LogP contribution is -2.00. The molecule has 3 aromatic carbocycles. The molecule has 1 N–H and O–H groups in total. The SMILES string of the molecule is Brc1ccc(Br)c(NCc2ccc3ccccc3c2)c1. The van der Waals surface area contributed by atoms with Gasteiger partial charge in [0.2, 0.25) is 0 Å². The normalized spacial score (nSPS) is 10.7. The summed E-state index contributed by atoms with van der Waals surface area (Å²) in [6.07, 6.45) is 0. The van der Waals surface area contributed by atoms with E-state index in [1.54, 1.807) is 0 Å². The standard InChI is InChI=1S/C17H13Br2N/c18-15-7-8-16(19)17(10-15)20-11-12-5-6-13-3-1-2-4-14(13)9-12/h1-10,20H,11H2. The quantitative estimate of drug-likeness (QED) is 0.580. The van der Waals surface area contributed by atoms with E-state index in [0.717, 1.165) is 21.2 Å². The van der Waals surface area contributed by atoms with Crippen molar-refractivity contribution in [2.45, 2.75) is 6.54 Å². The Kier molecular flexibility index (Phi) is 4.08. The Morgan fingerprint density at radius 1 is 0.800 bits per heavy atom. The van der Waals surface area contributed by atoms with Crippen LogP contribution in [-0.2, 0) is 6.54 Å². The molecule has 100 valence electrons. The van der Waals surface area contributed by atoms with E-state index in [9.17, 15) is 0 Å². The number of fused-ring (bicyclic) bond motifs is 1. The van der Waals surface area contributed by atoms with Gasteiger partial charge in [-0.25, -0.2) is 0 Å². The van der Waals surface area contributed by atoms with Crippen molar-refractivity contribution in [3.05, 3.63) is 75.2 Å². The molecule has 0 heterocycles. The molecule has 0 aliphatic rings. The minimum absolute atomic E-state index is 0.805. The summed E-state index contributed by atoms with van der Waals surface area (Å²) in [6, 6.07) is 21.1. The molecule has 0 saturated carbocycles. The Hall–Kier alpha value is -1.32. The third kappa shape index (κ3) is 3.05. The molecule has 1 nitrogen and oxygen atoms in total. The van der Waals surface area contributed by atoms with Crippen LogP contribution in [0.5, 0.6) is 0 Å². The Morgan fingerprint density at radius 2 is 1.60 bits per heavy atom. The van der Waals surface area contributed by atoms with Crippen molar-refractivity contribution in [2.75, 3.05) is 5.32 Å². The second kappa shape index (κ2) is 5.98. The first-order valence-corrected chi connectivity index (χ1v) is 7.97. The number of nitrogens with one attached hydrogen (secondary N) is 1. The van der Waals surface area contributed by atoms with Crippen LogP contribution in [-0.4, -0.2) is 0 Å². The molecule has 0 aromatic heterocycles. The Labute approximate surface area is 135 Å². The van der Waals surface area contributed by atoms with Gasteiger partial charge in [-0.1, -0.05) is 52.3 Å². The van der Waals surface area contributed by atoms with Crippen molar-refractivity contribution < 1.29 is 0 Å². The Morgan fingerprint density at radius 3 is 2.45 bits per heavy atom. The molecule has 0 amide bonds. The van der Waals surface area contributed by atoms with Crippen molar-refractivity contribution >= 4 is 48.3 Å². The van der Waals surface area contributed by atoms with E-state index >= 15 is 0 Å². The van der Waals surface area contributed by atoms with E-state index in [-0.39, 0.29) is 0 Å². The van der Waals surface area contributed by atoms with Gasteiger partial charge < -0.3 is 5.32 Å². The van der Waals surface area contributed by atoms with E-state index in [4.69, 9.17) is 0 Å². The highest BCUT2D eigenvalue weighted by molar-refractivity contribution is 9.11. The van der Waals surface area contributed by atoms with Crippen LogP contribution in [0.2, 0.25) is 0 Å².